The van der Waals surface area contributed by atoms with E-state index in [1.54, 1.807) is 25.2 Å². The number of ether oxygens (including phenoxy) is 1. The summed E-state index contributed by atoms with van der Waals surface area (Å²) in [4.78, 5) is 53.2. The number of hydrogen-bond donors (Lipinski definition) is 4. The second-order valence-corrected chi connectivity index (χ2v) is 8.57. The number of carbonyl (C=O) groups is 4. The van der Waals surface area contributed by atoms with Crippen molar-refractivity contribution in [2.75, 3.05) is 77.9 Å². The number of anilines is 1. The number of benzene rings is 1. The van der Waals surface area contributed by atoms with Gasteiger partial charge in [0.1, 0.15) is 6.29 Å². The first-order valence-electron chi connectivity index (χ1n) is 12.2. The molecule has 0 aliphatic carbocycles. The van der Waals surface area contributed by atoms with Gasteiger partial charge in [-0.05, 0) is 38.6 Å². The van der Waals surface area contributed by atoms with E-state index in [-0.39, 0.29) is 23.6 Å². The van der Waals surface area contributed by atoms with Crippen LogP contribution >= 0.6 is 0 Å². The molecule has 1 unspecified atom stereocenters. The Morgan fingerprint density at radius 1 is 1.17 bits per heavy atom. The molecule has 35 heavy (non-hydrogen) atoms. The summed E-state index contributed by atoms with van der Waals surface area (Å²) in [7, 11) is 1.80. The van der Waals surface area contributed by atoms with Gasteiger partial charge in [-0.2, -0.15) is 0 Å². The van der Waals surface area contributed by atoms with Gasteiger partial charge in [0.2, 0.25) is 5.91 Å². The third-order valence-corrected chi connectivity index (χ3v) is 6.13. The third kappa shape index (κ3) is 7.31. The predicted molar refractivity (Wildman–Crippen MR) is 132 cm³/mol. The number of fused-ring (bicyclic) bond motifs is 1. The van der Waals surface area contributed by atoms with E-state index in [2.05, 4.69) is 26.2 Å². The van der Waals surface area contributed by atoms with E-state index in [1.165, 1.54) is 0 Å². The maximum absolute atomic E-state index is 13.1. The number of amides is 3. The molecule has 1 aromatic rings. The first kappa shape index (κ1) is 26.7. The molecule has 2 aliphatic rings. The second-order valence-electron chi connectivity index (χ2n) is 8.57. The van der Waals surface area contributed by atoms with Gasteiger partial charge in [0, 0.05) is 45.0 Å². The lowest BCUT2D eigenvalue weighted by molar-refractivity contribution is -0.119. The van der Waals surface area contributed by atoms with Crippen LogP contribution in [0.2, 0.25) is 0 Å². The zero-order valence-electron chi connectivity index (χ0n) is 20.3. The van der Waals surface area contributed by atoms with Crippen molar-refractivity contribution < 1.29 is 23.9 Å². The summed E-state index contributed by atoms with van der Waals surface area (Å²) in [5, 5.41) is 12.0. The number of aldehydes is 1. The first-order valence-corrected chi connectivity index (χ1v) is 12.2. The van der Waals surface area contributed by atoms with Crippen molar-refractivity contribution in [2.24, 2.45) is 0 Å². The largest absolute Gasteiger partial charge is 0.378 e. The summed E-state index contributed by atoms with van der Waals surface area (Å²) in [6, 6.07) is 4.04. The fraction of sp³-hybridized carbons (Fsp3) is 0.583. The molecule has 0 saturated carbocycles. The summed E-state index contributed by atoms with van der Waals surface area (Å²) in [5.41, 5.74) is 0.825. The minimum atomic E-state index is -0.821. The Labute approximate surface area is 205 Å². The third-order valence-electron chi connectivity index (χ3n) is 6.13. The van der Waals surface area contributed by atoms with E-state index in [0.717, 1.165) is 37.6 Å². The van der Waals surface area contributed by atoms with Gasteiger partial charge in [0.25, 0.3) is 11.8 Å². The summed E-state index contributed by atoms with van der Waals surface area (Å²) in [5.74, 6) is -1.26. The Balaban J connectivity index is 1.45. The Kier molecular flexibility index (Phi) is 10.6. The number of nitrogens with zero attached hydrogens (tertiary/aromatic N) is 2. The van der Waals surface area contributed by atoms with Gasteiger partial charge in [0.15, 0.2) is 0 Å². The highest BCUT2D eigenvalue weighted by molar-refractivity contribution is 6.24. The first-order chi connectivity index (χ1) is 17.1. The number of rotatable bonds is 15. The lowest BCUT2D eigenvalue weighted by atomic mass is 10.1. The molecule has 0 radical (unpaired) electrons. The number of imide groups is 1. The number of piperazine rings is 1. The van der Waals surface area contributed by atoms with E-state index in [0.29, 0.717) is 51.1 Å². The Hall–Kier alpha value is -2.86. The van der Waals surface area contributed by atoms with Crippen molar-refractivity contribution in [1.82, 2.24) is 25.8 Å². The zero-order valence-corrected chi connectivity index (χ0v) is 20.3. The van der Waals surface area contributed by atoms with Gasteiger partial charge in [-0.25, -0.2) is 0 Å². The molecule has 2 aliphatic heterocycles. The van der Waals surface area contributed by atoms with E-state index in [1.807, 2.05) is 0 Å². The van der Waals surface area contributed by atoms with Gasteiger partial charge in [-0.15, -0.1) is 0 Å². The Morgan fingerprint density at radius 3 is 2.71 bits per heavy atom. The number of hydrogen-bond acceptors (Lipinski definition) is 9. The second kappa shape index (κ2) is 13.9. The quantitative estimate of drug-likeness (QED) is 0.144. The standard InChI is InChI=1S/C24H36N6O5/c1-25-7-3-4-18(17-31)30-23(33)19-5-2-6-20(22(19)24(30)34)28-16-21(32)27-10-14-35-15-13-29-11-8-26-9-12-29/h2,5-6,17-18,25-26,28H,3-4,7-16H2,1H3,(H,27,32). The van der Waals surface area contributed by atoms with Gasteiger partial charge < -0.3 is 30.8 Å². The highest BCUT2D eigenvalue weighted by Crippen LogP contribution is 2.31. The van der Waals surface area contributed by atoms with Crippen LogP contribution < -0.4 is 21.3 Å². The van der Waals surface area contributed by atoms with Crippen molar-refractivity contribution >= 4 is 29.7 Å². The van der Waals surface area contributed by atoms with Crippen molar-refractivity contribution in [2.45, 2.75) is 18.9 Å². The normalized spacial score (nSPS) is 16.8. The van der Waals surface area contributed by atoms with E-state index in [4.69, 9.17) is 4.74 Å². The fourth-order valence-corrected chi connectivity index (χ4v) is 4.23. The van der Waals surface area contributed by atoms with Crippen molar-refractivity contribution in [3.05, 3.63) is 29.3 Å². The summed E-state index contributed by atoms with van der Waals surface area (Å²) >= 11 is 0. The topological polar surface area (TPSA) is 132 Å². The molecule has 4 N–H and O–H groups in total. The highest BCUT2D eigenvalue weighted by Gasteiger charge is 2.41. The van der Waals surface area contributed by atoms with Crippen LogP contribution in [0.25, 0.3) is 0 Å². The van der Waals surface area contributed by atoms with E-state index >= 15 is 0 Å². The van der Waals surface area contributed by atoms with Gasteiger partial charge in [-0.3, -0.25) is 24.2 Å². The van der Waals surface area contributed by atoms with E-state index in [9.17, 15) is 19.2 Å². The van der Waals surface area contributed by atoms with Crippen molar-refractivity contribution in [3.8, 4) is 0 Å². The molecule has 1 saturated heterocycles. The Morgan fingerprint density at radius 2 is 1.97 bits per heavy atom. The van der Waals surface area contributed by atoms with Gasteiger partial charge in [0.05, 0.1) is 36.9 Å². The van der Waals surface area contributed by atoms with Crippen molar-refractivity contribution in [3.63, 3.8) is 0 Å². The van der Waals surface area contributed by atoms with Gasteiger partial charge in [-0.1, -0.05) is 6.07 Å². The van der Waals surface area contributed by atoms with Crippen LogP contribution in [0.5, 0.6) is 0 Å². The summed E-state index contributed by atoms with van der Waals surface area (Å²) in [6.07, 6.45) is 1.68. The van der Waals surface area contributed by atoms with Crippen molar-refractivity contribution in [1.29, 1.82) is 0 Å². The molecule has 192 valence electrons. The average Bonchev–Trinajstić information content (AvgIpc) is 3.13. The molecule has 1 aromatic carbocycles. The summed E-state index contributed by atoms with van der Waals surface area (Å²) < 4.78 is 5.60. The zero-order chi connectivity index (χ0) is 25.0. The van der Waals surface area contributed by atoms with Crippen LogP contribution in [-0.2, 0) is 14.3 Å². The molecule has 1 atom stereocenters. The lowest BCUT2D eigenvalue weighted by Gasteiger charge is -2.26. The maximum atomic E-state index is 13.1. The molecule has 11 heteroatoms. The fourth-order valence-electron chi connectivity index (χ4n) is 4.23. The molecule has 0 bridgehead atoms. The molecular formula is C24H36N6O5. The smallest absolute Gasteiger partial charge is 0.264 e. The molecule has 1 fully saturated rings. The van der Waals surface area contributed by atoms with Crippen LogP contribution in [0.1, 0.15) is 33.6 Å². The number of carbonyl (C=O) groups excluding carboxylic acids is 4. The van der Waals surface area contributed by atoms with E-state index < -0.39 is 17.9 Å². The molecule has 11 nitrogen and oxygen atoms in total. The minimum Gasteiger partial charge on any atom is -0.378 e. The Bertz CT molecular complexity index is 889. The monoisotopic (exact) mass is 488 g/mol. The number of nitrogens with one attached hydrogen (secondary N) is 4. The molecule has 3 amide bonds. The summed E-state index contributed by atoms with van der Waals surface area (Å²) in [6.45, 7) is 6.96. The van der Waals surface area contributed by atoms with Crippen LogP contribution in [-0.4, -0.2) is 112 Å². The molecule has 0 aromatic heterocycles. The van der Waals surface area contributed by atoms with Gasteiger partial charge >= 0.3 is 0 Å². The predicted octanol–water partition coefficient (Wildman–Crippen LogP) is -0.700. The highest BCUT2D eigenvalue weighted by atomic mass is 16.5. The van der Waals surface area contributed by atoms with Crippen LogP contribution in [0.3, 0.4) is 0 Å². The van der Waals surface area contributed by atoms with Crippen LogP contribution in [0.15, 0.2) is 18.2 Å². The molecule has 3 rings (SSSR count). The average molecular weight is 489 g/mol. The lowest BCUT2D eigenvalue weighted by Crippen LogP contribution is -2.44. The molecule has 2 heterocycles. The minimum absolute atomic E-state index is 0.0576. The van der Waals surface area contributed by atoms with Crippen LogP contribution in [0.4, 0.5) is 5.69 Å². The maximum Gasteiger partial charge on any atom is 0.264 e. The molecular weight excluding hydrogens is 452 g/mol. The molecule has 0 spiro atoms. The SMILES string of the molecule is CNCCCC(C=O)N1C(=O)c2cccc(NCC(=O)NCCOCCN3CCNCC3)c2C1=O. The van der Waals surface area contributed by atoms with Crippen LogP contribution in [0, 0.1) is 0 Å².